The van der Waals surface area contributed by atoms with Gasteiger partial charge in [-0.05, 0) is 37.0 Å². The molecule has 0 aromatic rings. The fourth-order valence-corrected chi connectivity index (χ4v) is 3.86. The van der Waals surface area contributed by atoms with Crippen molar-refractivity contribution in [3.05, 3.63) is 0 Å². The van der Waals surface area contributed by atoms with Crippen molar-refractivity contribution < 1.29 is 4.74 Å². The van der Waals surface area contributed by atoms with E-state index in [0.717, 1.165) is 19.1 Å². The van der Waals surface area contributed by atoms with E-state index in [-0.39, 0.29) is 0 Å². The van der Waals surface area contributed by atoms with Crippen LogP contribution in [0.5, 0.6) is 0 Å². The van der Waals surface area contributed by atoms with Crippen molar-refractivity contribution in [1.82, 2.24) is 0 Å². The predicted molar refractivity (Wildman–Crippen MR) is 53.6 cm³/mol. The number of ether oxygens (including phenoxy) is 1. The van der Waals surface area contributed by atoms with Crippen molar-refractivity contribution in [3.63, 3.8) is 0 Å². The molecular weight excluding hydrogens is 216 g/mol. The highest BCUT2D eigenvalue weighted by molar-refractivity contribution is 9.09. The van der Waals surface area contributed by atoms with Crippen LogP contribution in [0.3, 0.4) is 0 Å². The van der Waals surface area contributed by atoms with E-state index < -0.39 is 0 Å². The molecule has 2 atom stereocenters. The van der Waals surface area contributed by atoms with Gasteiger partial charge in [0.05, 0.1) is 6.61 Å². The third-order valence-corrected chi connectivity index (χ3v) is 4.41. The van der Waals surface area contributed by atoms with E-state index in [1.807, 2.05) is 0 Å². The molecule has 1 spiro atoms. The first kappa shape index (κ1) is 9.01. The topological polar surface area (TPSA) is 9.23 Å². The van der Waals surface area contributed by atoms with Gasteiger partial charge in [-0.15, -0.1) is 0 Å². The molecule has 1 saturated heterocycles. The minimum atomic E-state index is 0.571. The van der Waals surface area contributed by atoms with E-state index in [9.17, 15) is 0 Å². The predicted octanol–water partition coefficient (Wildman–Crippen LogP) is 2.98. The second kappa shape index (κ2) is 3.67. The summed E-state index contributed by atoms with van der Waals surface area (Å²) >= 11 is 3.63. The number of alkyl halides is 1. The summed E-state index contributed by atoms with van der Waals surface area (Å²) in [6.45, 7) is 2.03. The van der Waals surface area contributed by atoms with Crippen LogP contribution in [0.15, 0.2) is 0 Å². The lowest BCUT2D eigenvalue weighted by Crippen LogP contribution is -2.35. The van der Waals surface area contributed by atoms with Gasteiger partial charge in [0.15, 0.2) is 0 Å². The maximum absolute atomic E-state index is 5.62. The molecule has 12 heavy (non-hydrogen) atoms. The van der Waals surface area contributed by atoms with Gasteiger partial charge in [-0.1, -0.05) is 22.4 Å². The normalized spacial score (nSPS) is 42.2. The molecule has 1 aliphatic heterocycles. The minimum Gasteiger partial charge on any atom is -0.381 e. The van der Waals surface area contributed by atoms with Gasteiger partial charge in [0.1, 0.15) is 0 Å². The first-order chi connectivity index (χ1) is 5.87. The van der Waals surface area contributed by atoms with E-state index in [1.165, 1.54) is 37.4 Å². The Hall–Kier alpha value is 0.440. The van der Waals surface area contributed by atoms with Gasteiger partial charge in [-0.25, -0.2) is 0 Å². The monoisotopic (exact) mass is 232 g/mol. The van der Waals surface area contributed by atoms with Crippen LogP contribution in [0.2, 0.25) is 0 Å². The molecule has 0 bridgehead atoms. The van der Waals surface area contributed by atoms with Crippen LogP contribution in [0.25, 0.3) is 0 Å². The first-order valence-electron chi connectivity index (χ1n) is 5.01. The van der Waals surface area contributed by atoms with Crippen molar-refractivity contribution in [2.45, 2.75) is 32.1 Å². The van der Waals surface area contributed by atoms with E-state index in [0.29, 0.717) is 5.41 Å². The minimum absolute atomic E-state index is 0.571. The summed E-state index contributed by atoms with van der Waals surface area (Å²) in [7, 11) is 0. The van der Waals surface area contributed by atoms with Gasteiger partial charge in [0, 0.05) is 11.9 Å². The van der Waals surface area contributed by atoms with Crippen molar-refractivity contribution >= 4 is 15.9 Å². The van der Waals surface area contributed by atoms with Crippen LogP contribution in [0.1, 0.15) is 32.1 Å². The highest BCUT2D eigenvalue weighted by Gasteiger charge is 2.43. The Morgan fingerprint density at radius 1 is 1.33 bits per heavy atom. The summed E-state index contributed by atoms with van der Waals surface area (Å²) in [5.74, 6) is 0.887. The molecule has 2 rings (SSSR count). The lowest BCUT2D eigenvalue weighted by atomic mass is 9.75. The number of hydrogen-bond acceptors (Lipinski definition) is 1. The molecule has 0 aromatic heterocycles. The molecule has 1 heterocycles. The summed E-state index contributed by atoms with van der Waals surface area (Å²) in [4.78, 5) is 0. The lowest BCUT2D eigenvalue weighted by molar-refractivity contribution is -0.0242. The van der Waals surface area contributed by atoms with Crippen LogP contribution >= 0.6 is 15.9 Å². The summed E-state index contributed by atoms with van der Waals surface area (Å²) in [6, 6.07) is 0. The smallest absolute Gasteiger partial charge is 0.0525 e. The van der Waals surface area contributed by atoms with Crippen LogP contribution in [0, 0.1) is 11.3 Å². The van der Waals surface area contributed by atoms with Gasteiger partial charge in [0.2, 0.25) is 0 Å². The van der Waals surface area contributed by atoms with Crippen LogP contribution in [-0.2, 0) is 4.74 Å². The van der Waals surface area contributed by atoms with Crippen LogP contribution in [0.4, 0.5) is 0 Å². The van der Waals surface area contributed by atoms with Crippen molar-refractivity contribution in [1.29, 1.82) is 0 Å². The molecule has 2 heteroatoms. The average Bonchev–Trinajstić information content (AvgIpc) is 2.49. The third kappa shape index (κ3) is 1.44. The fraction of sp³-hybridized carbons (Fsp3) is 1.00. The highest BCUT2D eigenvalue weighted by atomic mass is 79.9. The summed E-state index contributed by atoms with van der Waals surface area (Å²) in [6.07, 6.45) is 6.92. The molecule has 1 nitrogen and oxygen atoms in total. The number of hydrogen-bond donors (Lipinski definition) is 0. The lowest BCUT2D eigenvalue weighted by Gasteiger charge is -2.38. The quantitative estimate of drug-likeness (QED) is 0.632. The third-order valence-electron chi connectivity index (χ3n) is 3.63. The molecule has 0 aromatic carbocycles. The van der Waals surface area contributed by atoms with Gasteiger partial charge < -0.3 is 4.74 Å². The zero-order valence-electron chi connectivity index (χ0n) is 7.52. The molecule has 70 valence electrons. The number of rotatable bonds is 1. The summed E-state index contributed by atoms with van der Waals surface area (Å²) < 4.78 is 5.62. The van der Waals surface area contributed by atoms with E-state index in [1.54, 1.807) is 0 Å². The Bertz CT molecular complexity index is 152. The molecule has 2 fully saturated rings. The molecule has 2 aliphatic rings. The van der Waals surface area contributed by atoms with Crippen LogP contribution < -0.4 is 0 Å². The Kier molecular flexibility index (Phi) is 2.75. The maximum Gasteiger partial charge on any atom is 0.0525 e. The van der Waals surface area contributed by atoms with Crippen molar-refractivity contribution in [2.24, 2.45) is 11.3 Å². The second-order valence-electron chi connectivity index (χ2n) is 4.26. The van der Waals surface area contributed by atoms with E-state index >= 15 is 0 Å². The zero-order chi connectivity index (χ0) is 8.44. The molecule has 0 amide bonds. The molecule has 1 saturated carbocycles. The standard InChI is InChI=1S/C10H17BrO/c11-7-9-3-1-4-10(9)5-2-6-12-8-10/h9H,1-8H2. The maximum atomic E-state index is 5.62. The Balaban J connectivity index is 2.05. The van der Waals surface area contributed by atoms with Gasteiger partial charge in [0.25, 0.3) is 0 Å². The molecule has 2 unspecified atom stereocenters. The molecular formula is C10H17BrO. The Morgan fingerprint density at radius 3 is 2.83 bits per heavy atom. The number of halogens is 1. The van der Waals surface area contributed by atoms with Gasteiger partial charge in [-0.2, -0.15) is 0 Å². The SMILES string of the molecule is BrCC1CCCC12CCCOC2. The summed E-state index contributed by atoms with van der Waals surface area (Å²) in [5.41, 5.74) is 0.571. The van der Waals surface area contributed by atoms with Gasteiger partial charge in [-0.3, -0.25) is 0 Å². The van der Waals surface area contributed by atoms with Gasteiger partial charge >= 0.3 is 0 Å². The average molecular weight is 233 g/mol. The fourth-order valence-electron chi connectivity index (χ4n) is 2.84. The Labute approximate surface area is 83.0 Å². The first-order valence-corrected chi connectivity index (χ1v) is 6.13. The van der Waals surface area contributed by atoms with Crippen LogP contribution in [-0.4, -0.2) is 18.5 Å². The van der Waals surface area contributed by atoms with E-state index in [4.69, 9.17) is 4.74 Å². The molecule has 0 radical (unpaired) electrons. The molecule has 1 aliphatic carbocycles. The zero-order valence-corrected chi connectivity index (χ0v) is 9.11. The largest absolute Gasteiger partial charge is 0.381 e. The van der Waals surface area contributed by atoms with E-state index in [2.05, 4.69) is 15.9 Å². The Morgan fingerprint density at radius 2 is 2.17 bits per heavy atom. The second-order valence-corrected chi connectivity index (χ2v) is 4.91. The highest BCUT2D eigenvalue weighted by Crippen LogP contribution is 2.49. The van der Waals surface area contributed by atoms with Crippen molar-refractivity contribution in [3.8, 4) is 0 Å². The summed E-state index contributed by atoms with van der Waals surface area (Å²) in [5, 5.41) is 1.18. The molecule has 0 N–H and O–H groups in total. The van der Waals surface area contributed by atoms with Crippen molar-refractivity contribution in [2.75, 3.05) is 18.5 Å².